The van der Waals surface area contributed by atoms with Crippen LogP contribution in [0.25, 0.3) is 22.6 Å². The highest BCUT2D eigenvalue weighted by atomic mass is 35.5. The van der Waals surface area contributed by atoms with Crippen molar-refractivity contribution in [2.24, 2.45) is 0 Å². The van der Waals surface area contributed by atoms with Crippen molar-refractivity contribution in [2.45, 2.75) is 52.0 Å². The molecule has 4 nitrogen and oxygen atoms in total. The Hall–Kier alpha value is -2.20. The predicted octanol–water partition coefficient (Wildman–Crippen LogP) is 5.92. The summed E-state index contributed by atoms with van der Waals surface area (Å²) in [4.78, 5) is 20.3. The fraction of sp³-hybridized carbons (Fsp3) is 0.381. The first-order valence-corrected chi connectivity index (χ1v) is 9.69. The van der Waals surface area contributed by atoms with Crippen LogP contribution in [-0.4, -0.2) is 20.8 Å². The van der Waals surface area contributed by atoms with Crippen molar-refractivity contribution < 1.29 is 4.79 Å². The molecule has 0 aliphatic carbocycles. The van der Waals surface area contributed by atoms with Gasteiger partial charge in [0.15, 0.2) is 12.1 Å². The van der Waals surface area contributed by atoms with Gasteiger partial charge in [-0.1, -0.05) is 56.7 Å². The number of unbranched alkanes of at least 4 members (excludes halogenated alkanes) is 5. The quantitative estimate of drug-likeness (QED) is 0.347. The third kappa shape index (κ3) is 4.31. The van der Waals surface area contributed by atoms with E-state index < -0.39 is 0 Å². The molecule has 0 bridgehead atoms. The van der Waals surface area contributed by atoms with E-state index in [1.54, 1.807) is 6.07 Å². The minimum atomic E-state index is 0.415. The van der Waals surface area contributed by atoms with Crippen LogP contribution in [0.1, 0.15) is 55.9 Å². The van der Waals surface area contributed by atoms with Crippen molar-refractivity contribution in [3.63, 3.8) is 0 Å². The fourth-order valence-corrected chi connectivity index (χ4v) is 3.38. The van der Waals surface area contributed by atoms with Gasteiger partial charge in [-0.3, -0.25) is 4.79 Å². The highest BCUT2D eigenvalue weighted by Crippen LogP contribution is 2.27. The van der Waals surface area contributed by atoms with E-state index >= 15 is 0 Å². The molecule has 0 atom stereocenters. The van der Waals surface area contributed by atoms with E-state index in [2.05, 4.69) is 16.5 Å². The number of imidazole rings is 1. The number of hydrogen-bond acceptors (Lipinski definition) is 3. The van der Waals surface area contributed by atoms with Gasteiger partial charge < -0.3 is 4.57 Å². The summed E-state index contributed by atoms with van der Waals surface area (Å²) in [5.74, 6) is 0.791. The van der Waals surface area contributed by atoms with Gasteiger partial charge in [-0.15, -0.1) is 0 Å². The van der Waals surface area contributed by atoms with Crippen molar-refractivity contribution in [1.82, 2.24) is 14.5 Å². The predicted molar refractivity (Wildman–Crippen MR) is 107 cm³/mol. The lowest BCUT2D eigenvalue weighted by Crippen LogP contribution is -2.03. The van der Waals surface area contributed by atoms with Gasteiger partial charge in [0.05, 0.1) is 11.0 Å². The number of aromatic nitrogens is 3. The Morgan fingerprint density at radius 1 is 1.04 bits per heavy atom. The van der Waals surface area contributed by atoms with E-state index in [-0.39, 0.29) is 0 Å². The first-order chi connectivity index (χ1) is 12.7. The molecule has 1 aromatic carbocycles. The van der Waals surface area contributed by atoms with Gasteiger partial charge >= 0.3 is 0 Å². The molecule has 0 radical (unpaired) electrons. The van der Waals surface area contributed by atoms with Crippen LogP contribution in [0.3, 0.4) is 0 Å². The average Bonchev–Trinajstić information content (AvgIpc) is 3.02. The normalized spacial score (nSPS) is 11.2. The summed E-state index contributed by atoms with van der Waals surface area (Å²) in [6.07, 6.45) is 8.16. The first-order valence-electron chi connectivity index (χ1n) is 9.31. The maximum atomic E-state index is 11.1. The number of fused-ring (bicyclic) bond motifs is 1. The van der Waals surface area contributed by atoms with Crippen molar-refractivity contribution in [2.75, 3.05) is 0 Å². The van der Waals surface area contributed by atoms with Crippen LogP contribution >= 0.6 is 11.6 Å². The lowest BCUT2D eigenvalue weighted by molar-refractivity contribution is 0.111. The fourth-order valence-electron chi connectivity index (χ4n) is 3.21. The van der Waals surface area contributed by atoms with Gasteiger partial charge in [-0.25, -0.2) is 9.97 Å². The molecular formula is C21H24ClN3O. The number of aryl methyl sites for hydroxylation is 1. The summed E-state index contributed by atoms with van der Waals surface area (Å²) < 4.78 is 2.18. The Morgan fingerprint density at radius 2 is 1.85 bits per heavy atom. The third-order valence-corrected chi connectivity index (χ3v) is 4.80. The van der Waals surface area contributed by atoms with Crippen LogP contribution in [0, 0.1) is 0 Å². The van der Waals surface area contributed by atoms with E-state index in [4.69, 9.17) is 16.6 Å². The number of carbonyl (C=O) groups is 1. The summed E-state index contributed by atoms with van der Waals surface area (Å²) in [5, 5.41) is 0.697. The van der Waals surface area contributed by atoms with E-state index in [0.717, 1.165) is 36.1 Å². The molecule has 0 saturated carbocycles. The number of nitrogens with zero attached hydrogens (tertiary/aromatic N) is 3. The smallest absolute Gasteiger partial charge is 0.168 e. The van der Waals surface area contributed by atoms with Crippen LogP contribution in [0.15, 0.2) is 36.4 Å². The summed E-state index contributed by atoms with van der Waals surface area (Å²) >= 11 is 6.21. The zero-order chi connectivity index (χ0) is 18.4. The molecular weight excluding hydrogens is 346 g/mol. The van der Waals surface area contributed by atoms with Gasteiger partial charge in [-0.2, -0.15) is 0 Å². The number of hydrogen-bond donors (Lipinski definition) is 0. The van der Waals surface area contributed by atoms with E-state index in [0.29, 0.717) is 16.4 Å². The molecule has 0 spiro atoms. The minimum absolute atomic E-state index is 0.415. The second-order valence-electron chi connectivity index (χ2n) is 6.55. The molecule has 0 saturated heterocycles. The minimum Gasteiger partial charge on any atom is -0.323 e. The summed E-state index contributed by atoms with van der Waals surface area (Å²) in [6, 6.07) is 11.2. The second-order valence-corrected chi connectivity index (χ2v) is 6.99. The maximum absolute atomic E-state index is 11.1. The molecule has 5 heteroatoms. The Labute approximate surface area is 159 Å². The molecule has 0 fully saturated rings. The molecule has 2 aromatic heterocycles. The molecule has 0 amide bonds. The Kier molecular flexibility index (Phi) is 6.40. The van der Waals surface area contributed by atoms with Gasteiger partial charge in [0.1, 0.15) is 11.4 Å². The van der Waals surface area contributed by atoms with Gasteiger partial charge in [0.2, 0.25) is 0 Å². The van der Waals surface area contributed by atoms with Crippen LogP contribution in [0.5, 0.6) is 0 Å². The van der Waals surface area contributed by atoms with Crippen molar-refractivity contribution in [3.05, 3.63) is 47.1 Å². The van der Waals surface area contributed by atoms with Gasteiger partial charge in [0.25, 0.3) is 0 Å². The maximum Gasteiger partial charge on any atom is 0.168 e. The van der Waals surface area contributed by atoms with Crippen molar-refractivity contribution in [3.8, 4) is 11.5 Å². The largest absolute Gasteiger partial charge is 0.323 e. The number of pyridine rings is 1. The summed E-state index contributed by atoms with van der Waals surface area (Å²) in [5.41, 5.74) is 3.04. The topological polar surface area (TPSA) is 47.8 Å². The van der Waals surface area contributed by atoms with Gasteiger partial charge in [0, 0.05) is 11.6 Å². The molecule has 26 heavy (non-hydrogen) atoms. The molecule has 0 aliphatic rings. The van der Waals surface area contributed by atoms with Crippen molar-refractivity contribution in [1.29, 1.82) is 0 Å². The van der Waals surface area contributed by atoms with E-state index in [9.17, 15) is 4.79 Å². The van der Waals surface area contributed by atoms with E-state index in [1.165, 1.54) is 32.1 Å². The first kappa shape index (κ1) is 18.6. The zero-order valence-corrected chi connectivity index (χ0v) is 15.9. The standard InChI is InChI=1S/C21H24ClN3O/c1-2-3-4-5-6-7-13-25-20-14-16(22)11-12-18(20)24-21(25)19-10-8-9-17(15-26)23-19/h8-12,14-15H,2-7,13H2,1H3. The van der Waals surface area contributed by atoms with Gasteiger partial charge in [-0.05, 0) is 36.8 Å². The summed E-state index contributed by atoms with van der Waals surface area (Å²) in [6.45, 7) is 3.10. The van der Waals surface area contributed by atoms with Crippen LogP contribution in [0.4, 0.5) is 0 Å². The Morgan fingerprint density at radius 3 is 2.65 bits per heavy atom. The lowest BCUT2D eigenvalue weighted by Gasteiger charge is -2.09. The number of aldehydes is 1. The van der Waals surface area contributed by atoms with Crippen LogP contribution in [0.2, 0.25) is 5.02 Å². The zero-order valence-electron chi connectivity index (χ0n) is 15.1. The Bertz CT molecular complexity index is 888. The molecule has 2 heterocycles. The van der Waals surface area contributed by atoms with E-state index in [1.807, 2.05) is 30.3 Å². The summed E-state index contributed by atoms with van der Waals surface area (Å²) in [7, 11) is 0. The number of halogens is 1. The molecule has 0 unspecified atom stereocenters. The van der Waals surface area contributed by atoms with Crippen molar-refractivity contribution >= 4 is 28.9 Å². The second kappa shape index (κ2) is 8.95. The third-order valence-electron chi connectivity index (χ3n) is 4.57. The number of rotatable bonds is 9. The molecule has 0 N–H and O–H groups in total. The monoisotopic (exact) mass is 369 g/mol. The molecule has 3 rings (SSSR count). The molecule has 0 aliphatic heterocycles. The van der Waals surface area contributed by atoms with Crippen LogP contribution in [-0.2, 0) is 6.54 Å². The molecule has 136 valence electrons. The average molecular weight is 370 g/mol. The highest BCUT2D eigenvalue weighted by molar-refractivity contribution is 6.31. The number of carbonyl (C=O) groups excluding carboxylic acids is 1. The van der Waals surface area contributed by atoms with Crippen LogP contribution < -0.4 is 0 Å². The Balaban J connectivity index is 1.90. The molecule has 3 aromatic rings. The highest BCUT2D eigenvalue weighted by Gasteiger charge is 2.14. The number of benzene rings is 1. The SMILES string of the molecule is CCCCCCCCn1c(-c2cccc(C=O)n2)nc2ccc(Cl)cc21. The lowest BCUT2D eigenvalue weighted by atomic mass is 10.1.